The van der Waals surface area contributed by atoms with Crippen molar-refractivity contribution in [1.82, 2.24) is 4.98 Å². The van der Waals surface area contributed by atoms with E-state index in [-0.39, 0.29) is 15.6 Å². The van der Waals surface area contributed by atoms with Gasteiger partial charge in [0.05, 0.1) is 5.69 Å². The van der Waals surface area contributed by atoms with Gasteiger partial charge in [0.1, 0.15) is 10.6 Å². The van der Waals surface area contributed by atoms with Gasteiger partial charge in [-0.3, -0.25) is 0 Å². The minimum atomic E-state index is -3.21. The third kappa shape index (κ3) is 2.08. The first kappa shape index (κ1) is 13.4. The van der Waals surface area contributed by atoms with Gasteiger partial charge < -0.3 is 8.57 Å². The number of aromatic nitrogens is 1. The Morgan fingerprint density at radius 1 is 1.45 bits per heavy atom. The van der Waals surface area contributed by atoms with Crippen molar-refractivity contribution in [3.63, 3.8) is 0 Å². The van der Waals surface area contributed by atoms with Crippen LogP contribution in [0.2, 0.25) is 0 Å². The molecule has 0 aliphatic carbocycles. The van der Waals surface area contributed by atoms with Crippen LogP contribution >= 0.6 is 27.6 Å². The van der Waals surface area contributed by atoms with Gasteiger partial charge in [0.15, 0.2) is 22.9 Å². The van der Waals surface area contributed by atoms with E-state index in [1.54, 1.807) is 24.3 Å². The summed E-state index contributed by atoms with van der Waals surface area (Å²) >= 11 is 3.13. The van der Waals surface area contributed by atoms with Crippen molar-refractivity contribution in [3.8, 4) is 17.0 Å². The van der Waals surface area contributed by atoms with Gasteiger partial charge >= 0.3 is 11.9 Å². The van der Waals surface area contributed by atoms with Gasteiger partial charge in [-0.2, -0.15) is 8.78 Å². The molecule has 1 aromatic carbocycles. The molecule has 0 fully saturated rings. The highest BCUT2D eigenvalue weighted by molar-refractivity contribution is 9.06. The van der Waals surface area contributed by atoms with Crippen molar-refractivity contribution in [2.75, 3.05) is 6.61 Å². The summed E-state index contributed by atoms with van der Waals surface area (Å²) < 4.78 is 37.6. The van der Waals surface area contributed by atoms with E-state index >= 15 is 0 Å². The number of thiazole rings is 1. The highest BCUT2D eigenvalue weighted by Gasteiger charge is 2.42. The molecule has 0 radical (unpaired) electrons. The van der Waals surface area contributed by atoms with E-state index < -0.39 is 18.5 Å². The molecule has 4 nitrogen and oxygen atoms in total. The van der Waals surface area contributed by atoms with Gasteiger partial charge in [0.25, 0.3) is 0 Å². The Bertz CT molecular complexity index is 689. The summed E-state index contributed by atoms with van der Waals surface area (Å²) in [6.07, 6.45) is 0. The zero-order chi connectivity index (χ0) is 14.3. The number of nitrogens with zero attached hydrogens (tertiary/aromatic N) is 1. The molecule has 0 atom stereocenters. The quantitative estimate of drug-likeness (QED) is 0.775. The van der Waals surface area contributed by atoms with Gasteiger partial charge in [0, 0.05) is 5.56 Å². The first-order valence-corrected chi connectivity index (χ1v) is 6.93. The van der Waals surface area contributed by atoms with Crippen molar-refractivity contribution < 1.29 is 22.1 Å². The Morgan fingerprint density at radius 2 is 2.20 bits per heavy atom. The van der Waals surface area contributed by atoms with Crippen LogP contribution in [-0.4, -0.2) is 17.6 Å². The van der Waals surface area contributed by atoms with Crippen molar-refractivity contribution in [3.05, 3.63) is 34.2 Å². The summed E-state index contributed by atoms with van der Waals surface area (Å²) in [7, 11) is 0. The number of halogens is 3. The van der Waals surface area contributed by atoms with Crippen molar-refractivity contribution >= 4 is 33.6 Å². The normalized spacial score (nSPS) is 15.6. The second-order valence-corrected chi connectivity index (χ2v) is 5.37. The molecule has 0 N–H and O–H groups in total. The van der Waals surface area contributed by atoms with Crippen LogP contribution in [0.4, 0.5) is 8.78 Å². The number of carbonyl (C=O) groups excluding carboxylic acids is 1. The van der Waals surface area contributed by atoms with Crippen LogP contribution in [0.3, 0.4) is 0 Å². The van der Waals surface area contributed by atoms with E-state index in [9.17, 15) is 13.6 Å². The summed E-state index contributed by atoms with van der Waals surface area (Å²) in [5.41, 5.74) is 0.491. The maximum Gasteiger partial charge on any atom is 0.378 e. The molecule has 8 heteroatoms. The monoisotopic (exact) mass is 361 g/mol. The summed E-state index contributed by atoms with van der Waals surface area (Å²) in [6.45, 7) is -0.790. The van der Waals surface area contributed by atoms with Crippen molar-refractivity contribution in [2.24, 2.45) is 0 Å². The maximum atomic E-state index is 14.1. The number of alkyl halides is 2. The van der Waals surface area contributed by atoms with Crippen LogP contribution in [0.15, 0.2) is 24.3 Å². The van der Waals surface area contributed by atoms with E-state index in [0.29, 0.717) is 22.6 Å². The van der Waals surface area contributed by atoms with Crippen LogP contribution in [-0.2, 0) is 9.75 Å². The molecule has 1 aliphatic heterocycles. The van der Waals surface area contributed by atoms with Gasteiger partial charge in [0.2, 0.25) is 5.01 Å². The van der Waals surface area contributed by atoms with Gasteiger partial charge in [-0.15, -0.1) is 11.3 Å². The molecule has 104 valence electrons. The number of hydrogen-bond donors (Lipinski definition) is 0. The molecule has 0 bridgehead atoms. The largest absolute Gasteiger partial charge is 0.486 e. The Hall–Kier alpha value is -1.54. The Labute approximate surface area is 124 Å². The van der Waals surface area contributed by atoms with Crippen molar-refractivity contribution in [2.45, 2.75) is 5.92 Å². The molecular formula is C12H6BrF2NO3S. The zero-order valence-corrected chi connectivity index (χ0v) is 12.1. The number of fused-ring (bicyclic) bond motifs is 3. The number of benzene rings is 1. The fraction of sp³-hybridized carbons (Fsp3) is 0.167. The highest BCUT2D eigenvalue weighted by atomic mass is 79.9. The minimum Gasteiger partial charge on any atom is -0.486 e. The van der Waals surface area contributed by atoms with Crippen LogP contribution in [0.1, 0.15) is 14.7 Å². The van der Waals surface area contributed by atoms with E-state index in [4.69, 9.17) is 4.74 Å². The summed E-state index contributed by atoms with van der Waals surface area (Å²) in [6, 6.07) is 6.58. The highest BCUT2D eigenvalue weighted by Crippen LogP contribution is 2.45. The lowest BCUT2D eigenvalue weighted by molar-refractivity contribution is -0.0412. The number of rotatable bonds is 1. The lowest BCUT2D eigenvalue weighted by atomic mass is 10.1. The molecule has 0 saturated carbocycles. The molecule has 3 rings (SSSR count). The summed E-state index contributed by atoms with van der Waals surface area (Å²) in [4.78, 5) is 15.1. The minimum absolute atomic E-state index is 0.0565. The molecule has 0 saturated heterocycles. The molecule has 2 aromatic rings. The molecule has 2 heterocycles. The maximum absolute atomic E-state index is 14.1. The Balaban J connectivity index is 2.24. The smallest absolute Gasteiger partial charge is 0.378 e. The Kier molecular flexibility index (Phi) is 3.21. The lowest BCUT2D eigenvalue weighted by Crippen LogP contribution is -2.20. The van der Waals surface area contributed by atoms with Gasteiger partial charge in [-0.1, -0.05) is 12.1 Å². The predicted molar refractivity (Wildman–Crippen MR) is 71.3 cm³/mol. The summed E-state index contributed by atoms with van der Waals surface area (Å²) in [5.74, 6) is -3.70. The number of ether oxygens (including phenoxy) is 1. The molecular weight excluding hydrogens is 356 g/mol. The molecule has 20 heavy (non-hydrogen) atoms. The second-order valence-electron chi connectivity index (χ2n) is 4.05. The standard InChI is InChI=1S/C12H6BrF2NO3S/c13-19-11(17)10-16-8-6-3-1-2-4-7(6)18-5-12(14,15)9(8)20-10/h1-4H,5H2. The average molecular weight is 362 g/mol. The zero-order valence-electron chi connectivity index (χ0n) is 9.73. The molecule has 1 aliphatic rings. The molecule has 0 spiro atoms. The first-order valence-electron chi connectivity index (χ1n) is 5.47. The van der Waals surface area contributed by atoms with Crippen LogP contribution < -0.4 is 4.74 Å². The van der Waals surface area contributed by atoms with E-state index in [1.807, 2.05) is 0 Å². The third-order valence-electron chi connectivity index (χ3n) is 2.76. The molecule has 0 amide bonds. The van der Waals surface area contributed by atoms with Crippen LogP contribution in [0.25, 0.3) is 11.3 Å². The molecule has 1 aromatic heterocycles. The summed E-state index contributed by atoms with van der Waals surface area (Å²) in [5, 5.41) is -0.136. The van der Waals surface area contributed by atoms with Crippen LogP contribution in [0, 0.1) is 0 Å². The number of carbonyl (C=O) groups is 1. The number of para-hydroxylation sites is 1. The fourth-order valence-electron chi connectivity index (χ4n) is 1.89. The van der Waals surface area contributed by atoms with Crippen LogP contribution in [0.5, 0.6) is 5.75 Å². The predicted octanol–water partition coefficient (Wildman–Crippen LogP) is 3.76. The third-order valence-corrected chi connectivity index (χ3v) is 4.20. The van der Waals surface area contributed by atoms with Crippen molar-refractivity contribution in [1.29, 1.82) is 0 Å². The first-order chi connectivity index (χ1) is 9.53. The van der Waals surface area contributed by atoms with Gasteiger partial charge in [-0.05, 0) is 12.1 Å². The fourth-order valence-corrected chi connectivity index (χ4v) is 3.07. The van der Waals surface area contributed by atoms with E-state index in [1.165, 1.54) is 0 Å². The topological polar surface area (TPSA) is 48.4 Å². The SMILES string of the molecule is O=C(OBr)c1nc2c(s1)C(F)(F)COc1ccccc1-2. The second kappa shape index (κ2) is 4.78. The average Bonchev–Trinajstić information content (AvgIpc) is 2.87. The molecule has 0 unspecified atom stereocenters. The number of hydrogen-bond acceptors (Lipinski definition) is 5. The van der Waals surface area contributed by atoms with Gasteiger partial charge in [-0.25, -0.2) is 9.78 Å². The van der Waals surface area contributed by atoms with E-state index in [2.05, 4.69) is 25.1 Å². The lowest BCUT2D eigenvalue weighted by Gasteiger charge is -2.12. The Morgan fingerprint density at radius 3 is 2.95 bits per heavy atom. The van der Waals surface area contributed by atoms with E-state index in [0.717, 1.165) is 0 Å².